The minimum Gasteiger partial charge on any atom is -0.461 e. The maximum absolute atomic E-state index is 11.4. The number of nitrogens with zero attached hydrogens (tertiary/aromatic N) is 2. The number of aromatic nitrogens is 2. The van der Waals surface area contributed by atoms with Crippen LogP contribution in [0.2, 0.25) is 0 Å². The number of aryl methyl sites for hydroxylation is 1. The van der Waals surface area contributed by atoms with E-state index in [9.17, 15) is 4.79 Å². The summed E-state index contributed by atoms with van der Waals surface area (Å²) in [4.78, 5) is 15.6. The number of hydrogen-bond acceptors (Lipinski definition) is 4. The molecule has 0 fully saturated rings. The molecular weight excluding hydrogens is 280 g/mol. The third-order valence-corrected chi connectivity index (χ3v) is 3.06. The van der Waals surface area contributed by atoms with Crippen molar-refractivity contribution in [3.63, 3.8) is 0 Å². The molecule has 1 heterocycles. The van der Waals surface area contributed by atoms with Crippen molar-refractivity contribution in [3.05, 3.63) is 11.9 Å². The van der Waals surface area contributed by atoms with Crippen molar-refractivity contribution in [1.82, 2.24) is 9.55 Å². The van der Waals surface area contributed by atoms with Crippen molar-refractivity contribution in [2.45, 2.75) is 23.2 Å². The van der Waals surface area contributed by atoms with E-state index in [2.05, 4.69) is 20.9 Å². The van der Waals surface area contributed by atoms with Gasteiger partial charge in [0.05, 0.1) is 10.8 Å². The van der Waals surface area contributed by atoms with Crippen LogP contribution in [0.25, 0.3) is 0 Å². The monoisotopic (exact) mass is 292 g/mol. The third kappa shape index (κ3) is 3.53. The van der Waals surface area contributed by atoms with Crippen molar-refractivity contribution < 1.29 is 9.53 Å². The molecule has 0 radical (unpaired) electrons. The first kappa shape index (κ1) is 12.6. The maximum atomic E-state index is 11.4. The van der Waals surface area contributed by atoms with Crippen molar-refractivity contribution in [2.24, 2.45) is 7.05 Å². The average Bonchev–Trinajstić information content (AvgIpc) is 2.47. The predicted octanol–water partition coefficient (Wildman–Crippen LogP) is 2.43. The molecule has 84 valence electrons. The molecule has 4 nitrogen and oxygen atoms in total. The van der Waals surface area contributed by atoms with E-state index in [1.807, 2.05) is 18.5 Å². The number of thioether (sulfide) groups is 1. The van der Waals surface area contributed by atoms with Crippen molar-refractivity contribution in [2.75, 3.05) is 6.61 Å². The Hall–Kier alpha value is -0.490. The first-order valence-corrected chi connectivity index (χ1v) is 6.35. The molecule has 0 aromatic carbocycles. The zero-order chi connectivity index (χ0) is 11.4. The van der Waals surface area contributed by atoms with Gasteiger partial charge in [-0.2, -0.15) is 0 Å². The van der Waals surface area contributed by atoms with Crippen molar-refractivity contribution in [1.29, 1.82) is 0 Å². The second-order valence-electron chi connectivity index (χ2n) is 2.90. The van der Waals surface area contributed by atoms with Gasteiger partial charge in [-0.25, -0.2) is 9.78 Å². The molecule has 1 atom stereocenters. The number of hydrogen-bond donors (Lipinski definition) is 0. The van der Waals surface area contributed by atoms with Gasteiger partial charge < -0.3 is 9.30 Å². The summed E-state index contributed by atoms with van der Waals surface area (Å²) in [5.41, 5.74) is 0.356. The Morgan fingerprint density at radius 3 is 3.00 bits per heavy atom. The lowest BCUT2D eigenvalue weighted by atomic mass is 10.5. The summed E-state index contributed by atoms with van der Waals surface area (Å²) in [5, 5.41) is 0.794. The van der Waals surface area contributed by atoms with Gasteiger partial charge in [-0.15, -0.1) is 0 Å². The molecule has 0 spiro atoms. The van der Waals surface area contributed by atoms with E-state index in [0.717, 1.165) is 5.16 Å². The summed E-state index contributed by atoms with van der Waals surface area (Å²) in [5.74, 6) is -0.373. The smallest absolute Gasteiger partial charge is 0.358 e. The molecule has 0 aliphatic rings. The number of rotatable bonds is 4. The Kier molecular flexibility index (Phi) is 4.66. The summed E-state index contributed by atoms with van der Waals surface area (Å²) < 4.78 is 6.94. The fraction of sp³-hybridized carbons (Fsp3) is 0.556. The Morgan fingerprint density at radius 1 is 1.80 bits per heavy atom. The fourth-order valence-corrected chi connectivity index (χ4v) is 2.17. The SMILES string of the molecule is CCOC(=O)c1cn(C)c(SC(C)Br)n1. The number of alkyl halides is 1. The molecule has 0 aliphatic carbocycles. The molecule has 1 rings (SSSR count). The minimum absolute atomic E-state index is 0.258. The van der Waals surface area contributed by atoms with Crippen LogP contribution in [0.4, 0.5) is 0 Å². The highest BCUT2D eigenvalue weighted by atomic mass is 79.9. The van der Waals surface area contributed by atoms with Crippen molar-refractivity contribution in [3.8, 4) is 0 Å². The Morgan fingerprint density at radius 2 is 2.47 bits per heavy atom. The highest BCUT2D eigenvalue weighted by Crippen LogP contribution is 2.25. The van der Waals surface area contributed by atoms with Gasteiger partial charge in [0, 0.05) is 13.2 Å². The van der Waals surface area contributed by atoms with Crippen LogP contribution in [-0.4, -0.2) is 26.3 Å². The molecule has 0 bridgehead atoms. The number of carbonyl (C=O) groups is 1. The molecule has 1 aromatic heterocycles. The molecule has 6 heteroatoms. The quantitative estimate of drug-likeness (QED) is 0.486. The van der Waals surface area contributed by atoms with Gasteiger partial charge in [-0.05, 0) is 13.8 Å². The molecule has 15 heavy (non-hydrogen) atoms. The lowest BCUT2D eigenvalue weighted by Gasteiger charge is -2.01. The van der Waals surface area contributed by atoms with E-state index in [-0.39, 0.29) is 10.1 Å². The Bertz CT molecular complexity index is 352. The van der Waals surface area contributed by atoms with Gasteiger partial charge in [-0.3, -0.25) is 0 Å². The molecule has 1 aromatic rings. The fourth-order valence-electron chi connectivity index (χ4n) is 1.01. The number of imidazole rings is 1. The lowest BCUT2D eigenvalue weighted by Crippen LogP contribution is -2.04. The van der Waals surface area contributed by atoms with Crippen LogP contribution >= 0.6 is 27.7 Å². The van der Waals surface area contributed by atoms with E-state index in [0.29, 0.717) is 12.3 Å². The van der Waals surface area contributed by atoms with Gasteiger partial charge in [0.2, 0.25) is 0 Å². The number of halogens is 1. The van der Waals surface area contributed by atoms with Crippen LogP contribution in [0.5, 0.6) is 0 Å². The summed E-state index contributed by atoms with van der Waals surface area (Å²) >= 11 is 4.96. The van der Waals surface area contributed by atoms with E-state index in [1.165, 1.54) is 0 Å². The predicted molar refractivity (Wildman–Crippen MR) is 63.4 cm³/mol. The van der Waals surface area contributed by atoms with Crippen LogP contribution in [-0.2, 0) is 11.8 Å². The van der Waals surface area contributed by atoms with Crippen LogP contribution in [0.15, 0.2) is 11.4 Å². The lowest BCUT2D eigenvalue weighted by molar-refractivity contribution is 0.0519. The second-order valence-corrected chi connectivity index (χ2v) is 6.19. The van der Waals surface area contributed by atoms with E-state index < -0.39 is 0 Å². The number of esters is 1. The Labute approximate surface area is 102 Å². The highest BCUT2D eigenvalue weighted by molar-refractivity contribution is 9.11. The molecule has 0 N–H and O–H groups in total. The zero-order valence-corrected chi connectivity index (χ0v) is 11.3. The highest BCUT2D eigenvalue weighted by Gasteiger charge is 2.14. The summed E-state index contributed by atoms with van der Waals surface area (Å²) in [7, 11) is 1.85. The topological polar surface area (TPSA) is 44.1 Å². The van der Waals surface area contributed by atoms with E-state index in [4.69, 9.17) is 4.74 Å². The first-order chi connectivity index (χ1) is 7.04. The van der Waals surface area contributed by atoms with Gasteiger partial charge in [-0.1, -0.05) is 27.7 Å². The Balaban J connectivity index is 2.80. The largest absolute Gasteiger partial charge is 0.461 e. The summed E-state index contributed by atoms with van der Waals surface area (Å²) in [6.45, 7) is 4.15. The van der Waals surface area contributed by atoms with Gasteiger partial charge in [0.25, 0.3) is 0 Å². The maximum Gasteiger partial charge on any atom is 0.358 e. The normalized spacial score (nSPS) is 12.5. The number of ether oxygens (including phenoxy) is 1. The molecule has 0 amide bonds. The minimum atomic E-state index is -0.373. The standard InChI is InChI=1S/C9H13BrN2O2S/c1-4-14-8(13)7-5-12(3)9(11-7)15-6(2)10/h5-6H,4H2,1-3H3. The van der Waals surface area contributed by atoms with E-state index >= 15 is 0 Å². The van der Waals surface area contributed by atoms with Crippen LogP contribution in [0.3, 0.4) is 0 Å². The summed E-state index contributed by atoms with van der Waals surface area (Å²) in [6.07, 6.45) is 1.68. The van der Waals surface area contributed by atoms with Crippen molar-refractivity contribution >= 4 is 33.7 Å². The second kappa shape index (κ2) is 5.55. The third-order valence-electron chi connectivity index (χ3n) is 1.59. The zero-order valence-electron chi connectivity index (χ0n) is 8.86. The van der Waals surface area contributed by atoms with Gasteiger partial charge in [0.1, 0.15) is 0 Å². The van der Waals surface area contributed by atoms with Crippen LogP contribution in [0.1, 0.15) is 24.3 Å². The molecule has 1 unspecified atom stereocenters. The van der Waals surface area contributed by atoms with Crippen LogP contribution in [0, 0.1) is 0 Å². The molecule has 0 aliphatic heterocycles. The average molecular weight is 293 g/mol. The molecule has 0 saturated heterocycles. The molecular formula is C9H13BrN2O2S. The number of carbonyl (C=O) groups excluding carboxylic acids is 1. The summed E-state index contributed by atoms with van der Waals surface area (Å²) in [6, 6.07) is 0. The first-order valence-electron chi connectivity index (χ1n) is 4.55. The van der Waals surface area contributed by atoms with E-state index in [1.54, 1.807) is 24.9 Å². The molecule has 0 saturated carbocycles. The van der Waals surface area contributed by atoms with Gasteiger partial charge in [0.15, 0.2) is 10.9 Å². The van der Waals surface area contributed by atoms with Gasteiger partial charge >= 0.3 is 5.97 Å². The van der Waals surface area contributed by atoms with Crippen LogP contribution < -0.4 is 0 Å².